The molecule has 1 aliphatic rings. The molecule has 3 rings (SSSR count). The zero-order chi connectivity index (χ0) is 15.5. The second-order valence-corrected chi connectivity index (χ2v) is 6.58. The molecule has 1 atom stereocenters. The number of hydrogen-bond acceptors (Lipinski definition) is 1. The fourth-order valence-electron chi connectivity index (χ4n) is 2.70. The zero-order valence-corrected chi connectivity index (χ0v) is 13.5. The van der Waals surface area contributed by atoms with Gasteiger partial charge in [-0.2, -0.15) is 0 Å². The van der Waals surface area contributed by atoms with Gasteiger partial charge in [0.1, 0.15) is 5.38 Å². The molecule has 22 heavy (non-hydrogen) atoms. The molecule has 0 aliphatic heterocycles. The molecule has 1 aromatic heterocycles. The van der Waals surface area contributed by atoms with Gasteiger partial charge in [0.2, 0.25) is 5.91 Å². The van der Waals surface area contributed by atoms with E-state index in [0.717, 1.165) is 25.1 Å². The van der Waals surface area contributed by atoms with Gasteiger partial charge in [0.15, 0.2) is 0 Å². The lowest BCUT2D eigenvalue weighted by molar-refractivity contribution is -0.131. The molecule has 1 aliphatic carbocycles. The molecule has 1 saturated carbocycles. The van der Waals surface area contributed by atoms with Crippen LogP contribution in [-0.2, 0) is 17.9 Å². The summed E-state index contributed by atoms with van der Waals surface area (Å²) in [5.41, 5.74) is 2.41. The fourth-order valence-corrected chi connectivity index (χ4v) is 2.83. The first-order chi connectivity index (χ1) is 10.6. The second kappa shape index (κ2) is 6.57. The molecule has 0 N–H and O–H groups in total. The van der Waals surface area contributed by atoms with Crippen molar-refractivity contribution in [3.63, 3.8) is 0 Å². The van der Waals surface area contributed by atoms with E-state index >= 15 is 0 Å². The van der Waals surface area contributed by atoms with Gasteiger partial charge < -0.3 is 9.47 Å². The molecule has 116 valence electrons. The second-order valence-electron chi connectivity index (χ2n) is 5.93. The van der Waals surface area contributed by atoms with Crippen LogP contribution in [0.3, 0.4) is 0 Å². The molecule has 0 spiro atoms. The van der Waals surface area contributed by atoms with Gasteiger partial charge in [0, 0.05) is 24.5 Å². The molecule has 0 radical (unpaired) electrons. The number of benzene rings is 1. The van der Waals surface area contributed by atoms with Crippen molar-refractivity contribution >= 4 is 17.5 Å². The highest BCUT2D eigenvalue weighted by molar-refractivity contribution is 6.30. The molecule has 0 unspecified atom stereocenters. The topological polar surface area (TPSA) is 25.2 Å². The Balaban J connectivity index is 1.75. The van der Waals surface area contributed by atoms with Crippen LogP contribution in [0.15, 0.2) is 48.7 Å². The Kier molecular flexibility index (Phi) is 4.53. The molecule has 0 bridgehead atoms. The molecule has 1 aromatic carbocycles. The number of aromatic nitrogens is 1. The summed E-state index contributed by atoms with van der Waals surface area (Å²) in [4.78, 5) is 14.2. The Morgan fingerprint density at radius 3 is 2.64 bits per heavy atom. The van der Waals surface area contributed by atoms with E-state index in [4.69, 9.17) is 11.6 Å². The van der Waals surface area contributed by atoms with Crippen LogP contribution in [0.2, 0.25) is 0 Å². The third-order valence-corrected chi connectivity index (χ3v) is 4.25. The molecule has 1 amide bonds. The highest BCUT2D eigenvalue weighted by atomic mass is 35.5. The molecular weight excluding hydrogens is 296 g/mol. The maximum absolute atomic E-state index is 12.3. The predicted molar refractivity (Wildman–Crippen MR) is 88.9 cm³/mol. The standard InChI is InChI=1S/C18H21ClN2O/c1-14(19)18(22)21(16-9-10-16)13-17-8-5-11-20(17)12-15-6-3-2-4-7-15/h2-8,11,14,16H,9-10,12-13H2,1H3/t14-/m1/s1. The van der Waals surface area contributed by atoms with Crippen LogP contribution in [-0.4, -0.2) is 26.8 Å². The quantitative estimate of drug-likeness (QED) is 0.747. The van der Waals surface area contributed by atoms with Crippen LogP contribution in [0.5, 0.6) is 0 Å². The van der Waals surface area contributed by atoms with Crippen molar-refractivity contribution in [3.05, 3.63) is 59.9 Å². The van der Waals surface area contributed by atoms with Crippen LogP contribution >= 0.6 is 11.6 Å². The number of rotatable bonds is 6. The summed E-state index contributed by atoms with van der Waals surface area (Å²) in [7, 11) is 0. The molecule has 1 heterocycles. The lowest BCUT2D eigenvalue weighted by atomic mass is 10.2. The normalized spacial score (nSPS) is 15.5. The van der Waals surface area contributed by atoms with E-state index < -0.39 is 5.38 Å². The Labute approximate surface area is 136 Å². The summed E-state index contributed by atoms with van der Waals surface area (Å²) in [6.07, 6.45) is 4.26. The van der Waals surface area contributed by atoms with E-state index in [1.54, 1.807) is 6.92 Å². The minimum absolute atomic E-state index is 0.0385. The lowest BCUT2D eigenvalue weighted by Crippen LogP contribution is -2.37. The van der Waals surface area contributed by atoms with Gasteiger partial charge in [-0.1, -0.05) is 30.3 Å². The Morgan fingerprint density at radius 2 is 2.00 bits per heavy atom. The smallest absolute Gasteiger partial charge is 0.240 e. The zero-order valence-electron chi connectivity index (χ0n) is 12.8. The molecule has 2 aromatic rings. The predicted octanol–water partition coefficient (Wildman–Crippen LogP) is 3.65. The van der Waals surface area contributed by atoms with E-state index in [2.05, 4.69) is 29.0 Å². The number of amides is 1. The molecule has 4 heteroatoms. The summed E-state index contributed by atoms with van der Waals surface area (Å²) >= 11 is 6.01. The third kappa shape index (κ3) is 3.53. The van der Waals surface area contributed by atoms with Crippen molar-refractivity contribution in [1.29, 1.82) is 0 Å². The van der Waals surface area contributed by atoms with Crippen molar-refractivity contribution < 1.29 is 4.79 Å². The first-order valence-corrected chi connectivity index (χ1v) is 8.21. The molecule has 0 saturated heterocycles. The first-order valence-electron chi connectivity index (χ1n) is 7.77. The molecular formula is C18H21ClN2O. The number of carbonyl (C=O) groups is 1. The highest BCUT2D eigenvalue weighted by Gasteiger charge is 2.34. The maximum Gasteiger partial charge on any atom is 0.240 e. The minimum atomic E-state index is -0.460. The number of halogens is 1. The first kappa shape index (κ1) is 15.2. The van der Waals surface area contributed by atoms with Gasteiger partial charge in [-0.25, -0.2) is 0 Å². The Bertz CT molecular complexity index is 632. The van der Waals surface area contributed by atoms with Gasteiger partial charge in [-0.15, -0.1) is 11.6 Å². The summed E-state index contributed by atoms with van der Waals surface area (Å²) in [6, 6.07) is 14.9. The number of nitrogens with zero attached hydrogens (tertiary/aromatic N) is 2. The average molecular weight is 317 g/mol. The minimum Gasteiger partial charge on any atom is -0.345 e. The largest absolute Gasteiger partial charge is 0.345 e. The summed E-state index contributed by atoms with van der Waals surface area (Å²) in [6.45, 7) is 3.22. The van der Waals surface area contributed by atoms with Gasteiger partial charge in [0.05, 0.1) is 6.54 Å². The van der Waals surface area contributed by atoms with Crippen LogP contribution in [0.4, 0.5) is 0 Å². The van der Waals surface area contributed by atoms with Crippen LogP contribution in [0, 0.1) is 0 Å². The summed E-state index contributed by atoms with van der Waals surface area (Å²) < 4.78 is 2.21. The highest BCUT2D eigenvalue weighted by Crippen LogP contribution is 2.29. The van der Waals surface area contributed by atoms with Gasteiger partial charge in [0.25, 0.3) is 0 Å². The number of carbonyl (C=O) groups excluding carboxylic acids is 1. The van der Waals surface area contributed by atoms with Gasteiger partial charge in [-0.3, -0.25) is 4.79 Å². The van der Waals surface area contributed by atoms with Crippen molar-refractivity contribution in [3.8, 4) is 0 Å². The number of hydrogen-bond donors (Lipinski definition) is 0. The van der Waals surface area contributed by atoms with Crippen molar-refractivity contribution in [1.82, 2.24) is 9.47 Å². The molecule has 1 fully saturated rings. The monoisotopic (exact) mass is 316 g/mol. The fraction of sp³-hybridized carbons (Fsp3) is 0.389. The van der Waals surface area contributed by atoms with Crippen LogP contribution < -0.4 is 0 Å². The Hall–Kier alpha value is -1.74. The van der Waals surface area contributed by atoms with E-state index in [9.17, 15) is 4.79 Å². The lowest BCUT2D eigenvalue weighted by Gasteiger charge is -2.24. The van der Waals surface area contributed by atoms with E-state index in [1.165, 1.54) is 5.56 Å². The van der Waals surface area contributed by atoms with Crippen LogP contribution in [0.1, 0.15) is 31.0 Å². The molecule has 3 nitrogen and oxygen atoms in total. The van der Waals surface area contributed by atoms with Crippen molar-refractivity contribution in [2.24, 2.45) is 0 Å². The van der Waals surface area contributed by atoms with Gasteiger partial charge in [-0.05, 0) is 37.5 Å². The Morgan fingerprint density at radius 1 is 1.27 bits per heavy atom. The van der Waals surface area contributed by atoms with Crippen molar-refractivity contribution in [2.75, 3.05) is 0 Å². The summed E-state index contributed by atoms with van der Waals surface area (Å²) in [5.74, 6) is 0.0385. The summed E-state index contributed by atoms with van der Waals surface area (Å²) in [5, 5.41) is -0.460. The van der Waals surface area contributed by atoms with E-state index in [-0.39, 0.29) is 5.91 Å². The third-order valence-electron chi connectivity index (χ3n) is 4.06. The number of alkyl halides is 1. The van der Waals surface area contributed by atoms with E-state index in [0.29, 0.717) is 12.6 Å². The average Bonchev–Trinajstić information content (AvgIpc) is 3.27. The SMILES string of the molecule is C[C@@H](Cl)C(=O)N(Cc1cccn1Cc1ccccc1)C1CC1. The van der Waals surface area contributed by atoms with Gasteiger partial charge >= 0.3 is 0 Å². The van der Waals surface area contributed by atoms with Crippen LogP contribution in [0.25, 0.3) is 0 Å². The van der Waals surface area contributed by atoms with E-state index in [1.807, 2.05) is 29.2 Å². The maximum atomic E-state index is 12.3. The van der Waals surface area contributed by atoms with Crippen molar-refractivity contribution in [2.45, 2.75) is 44.3 Å².